The minimum Gasteiger partial charge on any atom is -0.329 e. The topological polar surface area (TPSA) is 29.3 Å². The standard InChI is InChI=1S/C15H32N2/c1-11(2)15(10-16,12(3)4)17-8-7-13(5)14(6)9-17/h11-14H,7-10,16H2,1-6H3. The van der Waals surface area contributed by atoms with Crippen molar-refractivity contribution in [2.45, 2.75) is 53.5 Å². The Hall–Kier alpha value is -0.0800. The Morgan fingerprint density at radius 2 is 1.65 bits per heavy atom. The second-order valence-electron chi connectivity index (χ2n) is 6.69. The summed E-state index contributed by atoms with van der Waals surface area (Å²) in [6.45, 7) is 17.3. The molecule has 2 heteroatoms. The summed E-state index contributed by atoms with van der Waals surface area (Å²) < 4.78 is 0. The molecule has 2 nitrogen and oxygen atoms in total. The summed E-state index contributed by atoms with van der Waals surface area (Å²) in [5, 5.41) is 0. The zero-order valence-electron chi connectivity index (χ0n) is 12.7. The fourth-order valence-electron chi connectivity index (χ4n) is 3.64. The summed E-state index contributed by atoms with van der Waals surface area (Å²) in [5.74, 6) is 2.90. The van der Waals surface area contributed by atoms with Gasteiger partial charge in [-0.1, -0.05) is 41.5 Å². The maximum absolute atomic E-state index is 6.18. The van der Waals surface area contributed by atoms with Crippen molar-refractivity contribution in [2.75, 3.05) is 19.6 Å². The van der Waals surface area contributed by atoms with Crippen LogP contribution in [0.1, 0.15) is 48.0 Å². The smallest absolute Gasteiger partial charge is 0.0377 e. The summed E-state index contributed by atoms with van der Waals surface area (Å²) in [6, 6.07) is 0. The zero-order chi connectivity index (χ0) is 13.2. The molecule has 0 radical (unpaired) electrons. The molecule has 0 aromatic heterocycles. The van der Waals surface area contributed by atoms with Gasteiger partial charge in [0.25, 0.3) is 0 Å². The van der Waals surface area contributed by atoms with Crippen LogP contribution in [0.3, 0.4) is 0 Å². The van der Waals surface area contributed by atoms with E-state index in [4.69, 9.17) is 5.73 Å². The number of nitrogens with two attached hydrogens (primary N) is 1. The van der Waals surface area contributed by atoms with Crippen molar-refractivity contribution in [3.8, 4) is 0 Å². The van der Waals surface area contributed by atoms with Crippen LogP contribution in [-0.4, -0.2) is 30.1 Å². The van der Waals surface area contributed by atoms with Crippen molar-refractivity contribution in [3.63, 3.8) is 0 Å². The average molecular weight is 240 g/mol. The van der Waals surface area contributed by atoms with Gasteiger partial charge < -0.3 is 5.73 Å². The molecule has 1 rings (SSSR count). The summed E-state index contributed by atoms with van der Waals surface area (Å²) in [6.07, 6.45) is 1.32. The van der Waals surface area contributed by atoms with Crippen LogP contribution in [-0.2, 0) is 0 Å². The SMILES string of the molecule is CC1CCN(C(CN)(C(C)C)C(C)C)CC1C. The van der Waals surface area contributed by atoms with Gasteiger partial charge in [-0.05, 0) is 36.6 Å². The molecular weight excluding hydrogens is 208 g/mol. The molecule has 0 saturated carbocycles. The predicted octanol–water partition coefficient (Wildman–Crippen LogP) is 2.97. The Morgan fingerprint density at radius 1 is 1.12 bits per heavy atom. The van der Waals surface area contributed by atoms with E-state index in [9.17, 15) is 0 Å². The first-order chi connectivity index (χ1) is 7.86. The van der Waals surface area contributed by atoms with Gasteiger partial charge in [-0.2, -0.15) is 0 Å². The summed E-state index contributed by atoms with van der Waals surface area (Å²) >= 11 is 0. The molecule has 2 atom stereocenters. The van der Waals surface area contributed by atoms with Crippen LogP contribution in [0.2, 0.25) is 0 Å². The van der Waals surface area contributed by atoms with Crippen LogP contribution in [0.25, 0.3) is 0 Å². The monoisotopic (exact) mass is 240 g/mol. The van der Waals surface area contributed by atoms with Gasteiger partial charge >= 0.3 is 0 Å². The highest BCUT2D eigenvalue weighted by Gasteiger charge is 2.43. The molecule has 2 unspecified atom stereocenters. The largest absolute Gasteiger partial charge is 0.329 e. The first-order valence-electron chi connectivity index (χ1n) is 7.31. The molecule has 0 aliphatic carbocycles. The number of hydrogen-bond acceptors (Lipinski definition) is 2. The molecule has 0 amide bonds. The quantitative estimate of drug-likeness (QED) is 0.818. The van der Waals surface area contributed by atoms with E-state index in [-0.39, 0.29) is 5.54 Å². The van der Waals surface area contributed by atoms with E-state index in [1.54, 1.807) is 0 Å². The van der Waals surface area contributed by atoms with Crippen molar-refractivity contribution in [1.29, 1.82) is 0 Å². The minimum atomic E-state index is 0.189. The maximum atomic E-state index is 6.18. The van der Waals surface area contributed by atoms with Crippen LogP contribution in [0, 0.1) is 23.7 Å². The summed E-state index contributed by atoms with van der Waals surface area (Å²) in [4.78, 5) is 2.69. The fraction of sp³-hybridized carbons (Fsp3) is 1.00. The lowest BCUT2D eigenvalue weighted by molar-refractivity contribution is -0.0285. The Balaban J connectivity index is 2.91. The summed E-state index contributed by atoms with van der Waals surface area (Å²) in [5.41, 5.74) is 6.37. The van der Waals surface area contributed by atoms with Gasteiger partial charge in [-0.15, -0.1) is 0 Å². The Morgan fingerprint density at radius 3 is 2.00 bits per heavy atom. The van der Waals surface area contributed by atoms with Crippen molar-refractivity contribution < 1.29 is 0 Å². The molecule has 102 valence electrons. The lowest BCUT2D eigenvalue weighted by atomic mass is 9.73. The molecule has 0 spiro atoms. The van der Waals surface area contributed by atoms with Crippen LogP contribution < -0.4 is 5.73 Å². The highest BCUT2D eigenvalue weighted by Crippen LogP contribution is 2.36. The Bertz CT molecular complexity index is 227. The van der Waals surface area contributed by atoms with E-state index in [0.717, 1.165) is 18.4 Å². The number of piperidine rings is 1. The van der Waals surface area contributed by atoms with Crippen molar-refractivity contribution >= 4 is 0 Å². The minimum absolute atomic E-state index is 0.189. The molecule has 1 aliphatic heterocycles. The van der Waals surface area contributed by atoms with Crippen LogP contribution in [0.4, 0.5) is 0 Å². The predicted molar refractivity (Wildman–Crippen MR) is 76.0 cm³/mol. The van der Waals surface area contributed by atoms with Crippen molar-refractivity contribution in [2.24, 2.45) is 29.4 Å². The number of likely N-dealkylation sites (tertiary alicyclic amines) is 1. The Labute approximate surface area is 108 Å². The normalized spacial score (nSPS) is 28.1. The third-order valence-corrected chi connectivity index (χ3v) is 5.25. The van der Waals surface area contributed by atoms with Gasteiger partial charge in [-0.25, -0.2) is 0 Å². The second kappa shape index (κ2) is 5.71. The molecule has 1 saturated heterocycles. The van der Waals surface area contributed by atoms with Gasteiger partial charge in [-0.3, -0.25) is 4.90 Å². The molecule has 1 fully saturated rings. The number of hydrogen-bond donors (Lipinski definition) is 1. The number of nitrogens with zero attached hydrogens (tertiary/aromatic N) is 1. The van der Waals surface area contributed by atoms with Crippen LogP contribution in [0.5, 0.6) is 0 Å². The van der Waals surface area contributed by atoms with Gasteiger partial charge in [0.15, 0.2) is 0 Å². The third kappa shape index (κ3) is 2.68. The van der Waals surface area contributed by atoms with E-state index in [0.29, 0.717) is 11.8 Å². The molecule has 0 bridgehead atoms. The molecule has 0 aromatic rings. The van der Waals surface area contributed by atoms with E-state index in [2.05, 4.69) is 46.4 Å². The molecule has 1 aliphatic rings. The summed E-state index contributed by atoms with van der Waals surface area (Å²) in [7, 11) is 0. The Kier molecular flexibility index (Phi) is 5.03. The first-order valence-corrected chi connectivity index (χ1v) is 7.31. The van der Waals surface area contributed by atoms with Gasteiger partial charge in [0, 0.05) is 18.6 Å². The van der Waals surface area contributed by atoms with Crippen LogP contribution >= 0.6 is 0 Å². The highest BCUT2D eigenvalue weighted by atomic mass is 15.2. The van der Waals surface area contributed by atoms with Crippen molar-refractivity contribution in [1.82, 2.24) is 4.90 Å². The van der Waals surface area contributed by atoms with Gasteiger partial charge in [0.1, 0.15) is 0 Å². The molecule has 1 heterocycles. The first kappa shape index (κ1) is 15.0. The highest BCUT2D eigenvalue weighted by molar-refractivity contribution is 4.99. The molecule has 17 heavy (non-hydrogen) atoms. The zero-order valence-corrected chi connectivity index (χ0v) is 12.7. The maximum Gasteiger partial charge on any atom is 0.0377 e. The van der Waals surface area contributed by atoms with E-state index < -0.39 is 0 Å². The second-order valence-corrected chi connectivity index (χ2v) is 6.69. The number of rotatable bonds is 4. The molecule has 2 N–H and O–H groups in total. The third-order valence-electron chi connectivity index (χ3n) is 5.25. The van der Waals surface area contributed by atoms with Gasteiger partial charge in [0.05, 0.1) is 0 Å². The van der Waals surface area contributed by atoms with E-state index in [1.807, 2.05) is 0 Å². The average Bonchev–Trinajstić information content (AvgIpc) is 2.24. The van der Waals surface area contributed by atoms with E-state index in [1.165, 1.54) is 19.5 Å². The van der Waals surface area contributed by atoms with Crippen LogP contribution in [0.15, 0.2) is 0 Å². The molecule has 0 aromatic carbocycles. The molecular formula is C15H32N2. The van der Waals surface area contributed by atoms with Crippen molar-refractivity contribution in [3.05, 3.63) is 0 Å². The lowest BCUT2D eigenvalue weighted by Crippen LogP contribution is -2.63. The lowest BCUT2D eigenvalue weighted by Gasteiger charge is -2.53. The van der Waals surface area contributed by atoms with E-state index >= 15 is 0 Å². The van der Waals surface area contributed by atoms with Gasteiger partial charge in [0.2, 0.25) is 0 Å². The fourth-order valence-corrected chi connectivity index (χ4v) is 3.64.